The van der Waals surface area contributed by atoms with Crippen LogP contribution >= 0.6 is 27.5 Å². The lowest BCUT2D eigenvalue weighted by atomic mass is 10.1. The van der Waals surface area contributed by atoms with E-state index in [1.54, 1.807) is 0 Å². The molecule has 3 nitrogen and oxygen atoms in total. The zero-order chi connectivity index (χ0) is 13.7. The van der Waals surface area contributed by atoms with E-state index < -0.39 is 0 Å². The van der Waals surface area contributed by atoms with Crippen molar-refractivity contribution in [3.05, 3.63) is 15.9 Å². The molecule has 104 valence electrons. The van der Waals surface area contributed by atoms with E-state index in [9.17, 15) is 0 Å². The Morgan fingerprint density at radius 3 is 2.39 bits per heavy atom. The van der Waals surface area contributed by atoms with Gasteiger partial charge in [0.2, 0.25) is 0 Å². The number of rotatable bonds is 7. The van der Waals surface area contributed by atoms with Crippen LogP contribution in [0.5, 0.6) is 0 Å². The van der Waals surface area contributed by atoms with Gasteiger partial charge in [-0.2, -0.15) is 5.10 Å². The van der Waals surface area contributed by atoms with Gasteiger partial charge in [0.15, 0.2) is 0 Å². The molecule has 0 fully saturated rings. The van der Waals surface area contributed by atoms with E-state index in [1.165, 1.54) is 5.69 Å². The minimum Gasteiger partial charge on any atom is -0.293 e. The van der Waals surface area contributed by atoms with E-state index >= 15 is 0 Å². The maximum Gasteiger partial charge on any atom is 0.0739 e. The summed E-state index contributed by atoms with van der Waals surface area (Å²) in [6.07, 6.45) is 2.31. The second kappa shape index (κ2) is 7.51. The molecule has 0 amide bonds. The third-order valence-electron chi connectivity index (χ3n) is 3.45. The molecular weight excluding hydrogens is 314 g/mol. The van der Waals surface area contributed by atoms with Crippen LogP contribution in [0.25, 0.3) is 0 Å². The number of hydrogen-bond donors (Lipinski definition) is 0. The Morgan fingerprint density at radius 1 is 1.39 bits per heavy atom. The quantitative estimate of drug-likeness (QED) is 0.708. The molecule has 5 heteroatoms. The molecule has 0 aromatic carbocycles. The topological polar surface area (TPSA) is 21.1 Å². The van der Waals surface area contributed by atoms with Crippen LogP contribution in [-0.2, 0) is 13.6 Å². The number of nitrogens with zero attached hydrogens (tertiary/aromatic N) is 3. The Balaban J connectivity index is 2.88. The SMILES string of the molecule is CCC(CC)N(CCCl)Cc1c(Br)c(C)nn1C. The monoisotopic (exact) mass is 335 g/mol. The first kappa shape index (κ1) is 16.0. The van der Waals surface area contributed by atoms with Crippen LogP contribution < -0.4 is 0 Å². The van der Waals surface area contributed by atoms with Crippen molar-refractivity contribution < 1.29 is 0 Å². The molecule has 1 rings (SSSR count). The Kier molecular flexibility index (Phi) is 6.67. The summed E-state index contributed by atoms with van der Waals surface area (Å²) in [6.45, 7) is 8.32. The van der Waals surface area contributed by atoms with Crippen molar-refractivity contribution in [2.75, 3.05) is 12.4 Å². The molecular formula is C13H23BrClN3. The van der Waals surface area contributed by atoms with Crippen molar-refractivity contribution in [1.82, 2.24) is 14.7 Å². The second-order valence-electron chi connectivity index (χ2n) is 4.60. The summed E-state index contributed by atoms with van der Waals surface area (Å²) in [5, 5.41) is 4.44. The van der Waals surface area contributed by atoms with Gasteiger partial charge in [-0.05, 0) is 35.7 Å². The van der Waals surface area contributed by atoms with E-state index in [0.29, 0.717) is 11.9 Å². The molecule has 0 saturated carbocycles. The molecule has 0 saturated heterocycles. The molecule has 0 radical (unpaired) electrons. The van der Waals surface area contributed by atoms with Crippen LogP contribution in [0.2, 0.25) is 0 Å². The van der Waals surface area contributed by atoms with Crippen molar-refractivity contribution in [1.29, 1.82) is 0 Å². The van der Waals surface area contributed by atoms with E-state index in [0.717, 1.165) is 36.1 Å². The largest absolute Gasteiger partial charge is 0.293 e. The van der Waals surface area contributed by atoms with Gasteiger partial charge in [0.05, 0.1) is 15.9 Å². The summed E-state index contributed by atoms with van der Waals surface area (Å²) in [5.41, 5.74) is 2.27. The van der Waals surface area contributed by atoms with Gasteiger partial charge in [0, 0.05) is 32.1 Å². The number of aryl methyl sites for hydroxylation is 2. The average molecular weight is 337 g/mol. The van der Waals surface area contributed by atoms with Gasteiger partial charge >= 0.3 is 0 Å². The maximum absolute atomic E-state index is 5.93. The fraction of sp³-hybridized carbons (Fsp3) is 0.769. The number of halogens is 2. The number of hydrogen-bond acceptors (Lipinski definition) is 2. The lowest BCUT2D eigenvalue weighted by molar-refractivity contribution is 0.183. The highest BCUT2D eigenvalue weighted by atomic mass is 79.9. The van der Waals surface area contributed by atoms with Crippen molar-refractivity contribution >= 4 is 27.5 Å². The highest BCUT2D eigenvalue weighted by Crippen LogP contribution is 2.23. The maximum atomic E-state index is 5.93. The van der Waals surface area contributed by atoms with Gasteiger partial charge in [-0.15, -0.1) is 11.6 Å². The predicted octanol–water partition coefficient (Wildman–Crippen LogP) is 3.72. The van der Waals surface area contributed by atoms with Gasteiger partial charge in [0.25, 0.3) is 0 Å². The summed E-state index contributed by atoms with van der Waals surface area (Å²) in [7, 11) is 2.00. The third kappa shape index (κ3) is 3.72. The first-order valence-electron chi connectivity index (χ1n) is 6.53. The fourth-order valence-electron chi connectivity index (χ4n) is 2.35. The predicted molar refractivity (Wildman–Crippen MR) is 81.1 cm³/mol. The number of alkyl halides is 1. The van der Waals surface area contributed by atoms with E-state index in [1.807, 2.05) is 18.7 Å². The van der Waals surface area contributed by atoms with Gasteiger partial charge in [-0.1, -0.05) is 13.8 Å². The lowest BCUT2D eigenvalue weighted by Crippen LogP contribution is -2.36. The Labute approximate surface area is 124 Å². The summed E-state index contributed by atoms with van der Waals surface area (Å²) < 4.78 is 3.08. The summed E-state index contributed by atoms with van der Waals surface area (Å²) >= 11 is 9.56. The van der Waals surface area contributed by atoms with Crippen LogP contribution in [-0.4, -0.2) is 33.1 Å². The van der Waals surface area contributed by atoms with Crippen LogP contribution in [0.4, 0.5) is 0 Å². The lowest BCUT2D eigenvalue weighted by Gasteiger charge is -2.29. The molecule has 0 aliphatic heterocycles. The van der Waals surface area contributed by atoms with Gasteiger partial charge in [0.1, 0.15) is 0 Å². The van der Waals surface area contributed by atoms with Crippen molar-refractivity contribution in [3.8, 4) is 0 Å². The van der Waals surface area contributed by atoms with Crippen molar-refractivity contribution in [2.45, 2.75) is 46.2 Å². The first-order chi connectivity index (χ1) is 8.54. The summed E-state index contributed by atoms with van der Waals surface area (Å²) in [5.74, 6) is 0.672. The number of aromatic nitrogens is 2. The molecule has 0 atom stereocenters. The van der Waals surface area contributed by atoms with E-state index in [2.05, 4.69) is 39.8 Å². The Hall–Kier alpha value is -0.0600. The molecule has 0 spiro atoms. The minimum absolute atomic E-state index is 0.589. The highest BCUT2D eigenvalue weighted by molar-refractivity contribution is 9.10. The molecule has 0 aliphatic rings. The van der Waals surface area contributed by atoms with Gasteiger partial charge < -0.3 is 0 Å². The van der Waals surface area contributed by atoms with Crippen LogP contribution in [0.1, 0.15) is 38.1 Å². The van der Waals surface area contributed by atoms with E-state index in [4.69, 9.17) is 11.6 Å². The minimum atomic E-state index is 0.589. The van der Waals surface area contributed by atoms with Crippen LogP contribution in [0, 0.1) is 6.92 Å². The van der Waals surface area contributed by atoms with Gasteiger partial charge in [-0.25, -0.2) is 0 Å². The highest BCUT2D eigenvalue weighted by Gasteiger charge is 2.19. The third-order valence-corrected chi connectivity index (χ3v) is 4.65. The zero-order valence-electron chi connectivity index (χ0n) is 11.7. The van der Waals surface area contributed by atoms with Crippen LogP contribution in [0.15, 0.2) is 4.47 Å². The normalized spacial score (nSPS) is 11.8. The molecule has 18 heavy (non-hydrogen) atoms. The molecule has 0 N–H and O–H groups in total. The molecule has 1 aromatic heterocycles. The van der Waals surface area contributed by atoms with E-state index in [-0.39, 0.29) is 0 Å². The average Bonchev–Trinajstić information content (AvgIpc) is 2.57. The standard InChI is InChI=1S/C13H23BrClN3/c1-5-11(6-2)18(8-7-15)9-12-13(14)10(3)16-17(12)4/h11H,5-9H2,1-4H3. The zero-order valence-corrected chi connectivity index (χ0v) is 14.1. The van der Waals surface area contributed by atoms with Crippen molar-refractivity contribution in [2.24, 2.45) is 7.05 Å². The molecule has 1 aromatic rings. The Morgan fingerprint density at radius 2 is 2.00 bits per heavy atom. The fourth-order valence-corrected chi connectivity index (χ4v) is 3.03. The second-order valence-corrected chi connectivity index (χ2v) is 5.77. The Bertz CT molecular complexity index is 375. The van der Waals surface area contributed by atoms with Gasteiger partial charge in [-0.3, -0.25) is 9.58 Å². The first-order valence-corrected chi connectivity index (χ1v) is 7.85. The smallest absolute Gasteiger partial charge is 0.0739 e. The molecule has 0 bridgehead atoms. The van der Waals surface area contributed by atoms with Crippen LogP contribution in [0.3, 0.4) is 0 Å². The molecule has 1 heterocycles. The van der Waals surface area contributed by atoms with Crippen molar-refractivity contribution in [3.63, 3.8) is 0 Å². The summed E-state index contributed by atoms with van der Waals surface area (Å²) in [6, 6.07) is 0.589. The molecule has 0 aliphatic carbocycles. The molecule has 0 unspecified atom stereocenters. The summed E-state index contributed by atoms with van der Waals surface area (Å²) in [4.78, 5) is 2.45.